The summed E-state index contributed by atoms with van der Waals surface area (Å²) in [6.07, 6.45) is 15.4. The molecule has 33 heavy (non-hydrogen) atoms. The first kappa shape index (κ1) is 29.2. The van der Waals surface area contributed by atoms with Crippen LogP contribution >= 0.6 is 0 Å². The second kappa shape index (κ2) is 19.6. The van der Waals surface area contributed by atoms with Gasteiger partial charge in [-0.1, -0.05) is 90.2 Å². The summed E-state index contributed by atoms with van der Waals surface area (Å²) in [6, 6.07) is 6.72. The highest BCUT2D eigenvalue weighted by Gasteiger charge is 2.19. The van der Waals surface area contributed by atoms with Crippen molar-refractivity contribution in [3.05, 3.63) is 35.4 Å². The lowest BCUT2D eigenvalue weighted by atomic mass is 10.1. The Morgan fingerprint density at radius 3 is 1.67 bits per heavy atom. The van der Waals surface area contributed by atoms with E-state index in [1.165, 1.54) is 57.8 Å². The maximum Gasteiger partial charge on any atom is 0.339 e. The molecule has 0 aromatic heterocycles. The maximum absolute atomic E-state index is 12.5. The van der Waals surface area contributed by atoms with Crippen LogP contribution in [0, 0.1) is 5.92 Å². The highest BCUT2D eigenvalue weighted by Crippen LogP contribution is 2.15. The highest BCUT2D eigenvalue weighted by atomic mass is 16.5. The van der Waals surface area contributed by atoms with Crippen LogP contribution in [0.3, 0.4) is 0 Å². The first-order valence-electron chi connectivity index (χ1n) is 13.0. The van der Waals surface area contributed by atoms with E-state index in [4.69, 9.17) is 14.2 Å². The van der Waals surface area contributed by atoms with E-state index in [9.17, 15) is 9.59 Å². The highest BCUT2D eigenvalue weighted by molar-refractivity contribution is 6.03. The van der Waals surface area contributed by atoms with E-state index in [-0.39, 0.29) is 11.1 Å². The van der Waals surface area contributed by atoms with Crippen molar-refractivity contribution in [3.63, 3.8) is 0 Å². The van der Waals surface area contributed by atoms with Gasteiger partial charge in [0.15, 0.2) is 0 Å². The van der Waals surface area contributed by atoms with Gasteiger partial charge in [0.25, 0.3) is 0 Å². The van der Waals surface area contributed by atoms with Crippen molar-refractivity contribution in [1.82, 2.24) is 0 Å². The van der Waals surface area contributed by atoms with Crippen LogP contribution in [0.1, 0.15) is 118 Å². The Morgan fingerprint density at radius 2 is 1.15 bits per heavy atom. The SMILES string of the molecule is CCCCCCCCCCCCCOC(=O)c1ccccc1C(=O)OCCC(C)CCOC. The first-order chi connectivity index (χ1) is 16.1. The topological polar surface area (TPSA) is 61.8 Å². The minimum Gasteiger partial charge on any atom is -0.462 e. The molecule has 0 heterocycles. The molecule has 1 aromatic carbocycles. The van der Waals surface area contributed by atoms with E-state index in [1.807, 2.05) is 0 Å². The molecule has 0 saturated heterocycles. The molecule has 1 aromatic rings. The summed E-state index contributed by atoms with van der Waals surface area (Å²) < 4.78 is 15.9. The Balaban J connectivity index is 2.23. The van der Waals surface area contributed by atoms with Crippen molar-refractivity contribution < 1.29 is 23.8 Å². The number of rotatable bonds is 20. The zero-order valence-corrected chi connectivity index (χ0v) is 21.2. The second-order valence-corrected chi connectivity index (χ2v) is 9.03. The molecular formula is C28H46O5. The third-order valence-electron chi connectivity index (χ3n) is 6.01. The molecule has 0 aliphatic heterocycles. The zero-order valence-electron chi connectivity index (χ0n) is 21.2. The van der Waals surface area contributed by atoms with Gasteiger partial charge in [0.1, 0.15) is 0 Å². The summed E-state index contributed by atoms with van der Waals surface area (Å²) in [5.41, 5.74) is 0.545. The van der Waals surface area contributed by atoms with Crippen molar-refractivity contribution in [2.45, 2.75) is 97.3 Å². The summed E-state index contributed by atoms with van der Waals surface area (Å²) in [7, 11) is 1.68. The average Bonchev–Trinajstić information content (AvgIpc) is 2.83. The summed E-state index contributed by atoms with van der Waals surface area (Å²) in [5.74, 6) is -0.525. The molecule has 0 fully saturated rings. The van der Waals surface area contributed by atoms with Gasteiger partial charge in [0.2, 0.25) is 0 Å². The first-order valence-corrected chi connectivity index (χ1v) is 13.0. The molecule has 188 valence electrons. The van der Waals surface area contributed by atoms with Crippen molar-refractivity contribution in [2.24, 2.45) is 5.92 Å². The minimum atomic E-state index is -0.476. The third kappa shape index (κ3) is 14.1. The Labute approximate surface area is 201 Å². The number of hydrogen-bond donors (Lipinski definition) is 0. The van der Waals surface area contributed by atoms with E-state index >= 15 is 0 Å². The van der Waals surface area contributed by atoms with Crippen LogP contribution in [-0.2, 0) is 14.2 Å². The number of ether oxygens (including phenoxy) is 3. The molecule has 1 unspecified atom stereocenters. The number of carbonyl (C=O) groups excluding carboxylic acids is 2. The summed E-state index contributed by atoms with van der Waals surface area (Å²) >= 11 is 0. The predicted molar refractivity (Wildman–Crippen MR) is 134 cm³/mol. The summed E-state index contributed by atoms with van der Waals surface area (Å²) in [6.45, 7) is 5.76. The number of methoxy groups -OCH3 is 1. The minimum absolute atomic E-state index is 0.269. The molecule has 0 aliphatic carbocycles. The van der Waals surface area contributed by atoms with Crippen LogP contribution < -0.4 is 0 Å². The van der Waals surface area contributed by atoms with Gasteiger partial charge in [-0.15, -0.1) is 0 Å². The van der Waals surface area contributed by atoms with Gasteiger partial charge in [-0.25, -0.2) is 9.59 Å². The number of hydrogen-bond acceptors (Lipinski definition) is 5. The molecule has 1 atom stereocenters. The van der Waals surface area contributed by atoms with Gasteiger partial charge >= 0.3 is 11.9 Å². The lowest BCUT2D eigenvalue weighted by Crippen LogP contribution is -2.15. The fourth-order valence-electron chi connectivity index (χ4n) is 3.74. The predicted octanol–water partition coefficient (Wildman–Crippen LogP) is 7.37. The van der Waals surface area contributed by atoms with E-state index in [0.717, 1.165) is 25.7 Å². The van der Waals surface area contributed by atoms with Gasteiger partial charge in [0, 0.05) is 13.7 Å². The van der Waals surface area contributed by atoms with Crippen molar-refractivity contribution in [3.8, 4) is 0 Å². The monoisotopic (exact) mass is 462 g/mol. The number of unbranched alkanes of at least 4 members (excludes halogenated alkanes) is 10. The van der Waals surface area contributed by atoms with Crippen molar-refractivity contribution >= 4 is 11.9 Å². The second-order valence-electron chi connectivity index (χ2n) is 9.03. The fraction of sp³-hybridized carbons (Fsp3) is 0.714. The summed E-state index contributed by atoms with van der Waals surface area (Å²) in [4.78, 5) is 25.0. The summed E-state index contributed by atoms with van der Waals surface area (Å²) in [5, 5.41) is 0. The molecule has 0 radical (unpaired) electrons. The van der Waals surface area contributed by atoms with E-state index in [0.29, 0.717) is 25.7 Å². The molecule has 0 aliphatic rings. The van der Waals surface area contributed by atoms with Crippen LogP contribution in [0.5, 0.6) is 0 Å². The molecule has 0 amide bonds. The van der Waals surface area contributed by atoms with Gasteiger partial charge in [-0.05, 0) is 37.3 Å². The van der Waals surface area contributed by atoms with Crippen LogP contribution in [0.2, 0.25) is 0 Å². The standard InChI is InChI=1S/C28H46O5/c1-4-5-6-7-8-9-10-11-12-13-16-21-32-27(29)25-17-14-15-18-26(25)28(30)33-23-20-24(2)19-22-31-3/h14-15,17-18,24H,4-13,16,19-23H2,1-3H3. The Kier molecular flexibility index (Phi) is 17.3. The molecule has 1 rings (SSSR count). The Morgan fingerprint density at radius 1 is 0.697 bits per heavy atom. The average molecular weight is 463 g/mol. The molecule has 0 N–H and O–H groups in total. The number of carbonyl (C=O) groups is 2. The number of esters is 2. The van der Waals surface area contributed by atoms with Crippen molar-refractivity contribution in [1.29, 1.82) is 0 Å². The van der Waals surface area contributed by atoms with Crippen LogP contribution in [-0.4, -0.2) is 38.9 Å². The van der Waals surface area contributed by atoms with Gasteiger partial charge in [-0.3, -0.25) is 0 Å². The van der Waals surface area contributed by atoms with Gasteiger partial charge in [0.05, 0.1) is 24.3 Å². The molecule has 5 heteroatoms. The van der Waals surface area contributed by atoms with Gasteiger partial charge < -0.3 is 14.2 Å². The van der Waals surface area contributed by atoms with E-state index in [2.05, 4.69) is 13.8 Å². The van der Waals surface area contributed by atoms with Crippen LogP contribution in [0.25, 0.3) is 0 Å². The molecule has 0 bridgehead atoms. The largest absolute Gasteiger partial charge is 0.462 e. The van der Waals surface area contributed by atoms with E-state index < -0.39 is 11.9 Å². The molecular weight excluding hydrogens is 416 g/mol. The third-order valence-corrected chi connectivity index (χ3v) is 6.01. The maximum atomic E-state index is 12.5. The zero-order chi connectivity index (χ0) is 24.2. The molecule has 5 nitrogen and oxygen atoms in total. The smallest absolute Gasteiger partial charge is 0.339 e. The quantitative estimate of drug-likeness (QED) is 0.149. The lowest BCUT2D eigenvalue weighted by Gasteiger charge is -2.12. The Hall–Kier alpha value is -1.88. The van der Waals surface area contributed by atoms with Crippen molar-refractivity contribution in [2.75, 3.05) is 26.9 Å². The number of benzene rings is 1. The van der Waals surface area contributed by atoms with Crippen LogP contribution in [0.15, 0.2) is 24.3 Å². The fourth-order valence-corrected chi connectivity index (χ4v) is 3.74. The Bertz CT molecular complexity index is 643. The lowest BCUT2D eigenvalue weighted by molar-refractivity contribution is 0.0440. The van der Waals surface area contributed by atoms with Gasteiger partial charge in [-0.2, -0.15) is 0 Å². The molecule has 0 saturated carbocycles. The molecule has 0 spiro atoms. The van der Waals surface area contributed by atoms with E-state index in [1.54, 1.807) is 31.4 Å². The van der Waals surface area contributed by atoms with Crippen LogP contribution in [0.4, 0.5) is 0 Å². The normalized spacial score (nSPS) is 11.8.